The number of aliphatic hydroxyl groups is 2. The summed E-state index contributed by atoms with van der Waals surface area (Å²) in [4.78, 5) is 0. The van der Waals surface area contributed by atoms with E-state index < -0.39 is 11.2 Å². The smallest absolute Gasteiger partial charge is 0.148 e. The van der Waals surface area contributed by atoms with Gasteiger partial charge in [0, 0.05) is 5.02 Å². The molecule has 16 heavy (non-hydrogen) atoms. The first-order valence-electron chi connectivity index (χ1n) is 4.96. The van der Waals surface area contributed by atoms with Crippen molar-refractivity contribution in [3.63, 3.8) is 0 Å². The van der Waals surface area contributed by atoms with Gasteiger partial charge in [-0.05, 0) is 38.5 Å². The van der Waals surface area contributed by atoms with Crippen LogP contribution in [0.4, 0.5) is 0 Å². The molecule has 0 saturated carbocycles. The van der Waals surface area contributed by atoms with E-state index in [1.165, 1.54) is 0 Å². The molecule has 2 nitrogen and oxygen atoms in total. The Kier molecular flexibility index (Phi) is 3.64. The first kappa shape index (κ1) is 13.1. The molecule has 0 aliphatic carbocycles. The van der Waals surface area contributed by atoms with Crippen molar-refractivity contribution in [3.8, 4) is 11.8 Å². The van der Waals surface area contributed by atoms with Gasteiger partial charge < -0.3 is 10.2 Å². The van der Waals surface area contributed by atoms with Crippen molar-refractivity contribution in [3.05, 3.63) is 34.9 Å². The average Bonchev–Trinajstić information content (AvgIpc) is 2.15. The molecular weight excluding hydrogens is 224 g/mol. The second kappa shape index (κ2) is 4.47. The molecule has 1 rings (SSSR count). The zero-order valence-electron chi connectivity index (χ0n) is 9.58. The summed E-state index contributed by atoms with van der Waals surface area (Å²) in [5, 5.41) is 20.2. The van der Waals surface area contributed by atoms with E-state index in [0.717, 1.165) is 0 Å². The van der Waals surface area contributed by atoms with Gasteiger partial charge in [0.05, 0.1) is 0 Å². The van der Waals surface area contributed by atoms with Gasteiger partial charge in [0.25, 0.3) is 0 Å². The van der Waals surface area contributed by atoms with Crippen LogP contribution >= 0.6 is 11.6 Å². The van der Waals surface area contributed by atoms with E-state index in [4.69, 9.17) is 11.6 Å². The molecule has 1 aromatic carbocycles. The summed E-state index contributed by atoms with van der Waals surface area (Å²) in [5.41, 5.74) is -1.75. The molecule has 0 spiro atoms. The fraction of sp³-hybridized carbons (Fsp3) is 0.385. The Balaban J connectivity index is 3.01. The van der Waals surface area contributed by atoms with Gasteiger partial charge in [-0.25, -0.2) is 0 Å². The van der Waals surface area contributed by atoms with E-state index in [-0.39, 0.29) is 0 Å². The van der Waals surface area contributed by atoms with Crippen LogP contribution < -0.4 is 0 Å². The van der Waals surface area contributed by atoms with E-state index in [9.17, 15) is 10.2 Å². The van der Waals surface area contributed by atoms with E-state index >= 15 is 0 Å². The zero-order chi connectivity index (χ0) is 12.4. The van der Waals surface area contributed by atoms with Crippen LogP contribution in [0.25, 0.3) is 0 Å². The molecule has 3 heteroatoms. The number of hydrogen-bond acceptors (Lipinski definition) is 2. The van der Waals surface area contributed by atoms with Gasteiger partial charge in [-0.2, -0.15) is 0 Å². The second-order valence-electron chi connectivity index (χ2n) is 4.39. The van der Waals surface area contributed by atoms with Crippen LogP contribution in [0.3, 0.4) is 0 Å². The summed E-state index contributed by atoms with van der Waals surface area (Å²) in [5.74, 6) is 5.24. The number of hydrogen-bond donors (Lipinski definition) is 2. The maximum atomic E-state index is 10.1. The molecule has 0 aromatic heterocycles. The van der Waals surface area contributed by atoms with Gasteiger partial charge in [-0.3, -0.25) is 0 Å². The first-order valence-corrected chi connectivity index (χ1v) is 5.34. The quantitative estimate of drug-likeness (QED) is 0.738. The third-order valence-electron chi connectivity index (χ3n) is 2.02. The molecule has 1 aromatic rings. The van der Waals surface area contributed by atoms with Crippen LogP contribution in [-0.2, 0) is 5.60 Å². The highest BCUT2D eigenvalue weighted by molar-refractivity contribution is 6.30. The highest BCUT2D eigenvalue weighted by atomic mass is 35.5. The predicted molar refractivity (Wildman–Crippen MR) is 65.1 cm³/mol. The number of rotatable bonds is 1. The van der Waals surface area contributed by atoms with Crippen LogP contribution in [-0.4, -0.2) is 15.8 Å². The summed E-state index contributed by atoms with van der Waals surface area (Å²) >= 11 is 5.75. The van der Waals surface area contributed by atoms with Crippen molar-refractivity contribution in [2.75, 3.05) is 0 Å². The molecule has 0 aliphatic rings. The normalized spacial score (nSPS) is 14.9. The van der Waals surface area contributed by atoms with Gasteiger partial charge in [0.15, 0.2) is 0 Å². The van der Waals surface area contributed by atoms with E-state index in [2.05, 4.69) is 11.8 Å². The Labute approximate surface area is 101 Å². The van der Waals surface area contributed by atoms with Gasteiger partial charge in [-0.1, -0.05) is 35.6 Å². The van der Waals surface area contributed by atoms with Crippen molar-refractivity contribution in [1.29, 1.82) is 0 Å². The maximum absolute atomic E-state index is 10.1. The first-order chi connectivity index (χ1) is 7.21. The molecular formula is C13H15ClO2. The van der Waals surface area contributed by atoms with Crippen LogP contribution in [0.2, 0.25) is 5.02 Å². The van der Waals surface area contributed by atoms with E-state index in [1.54, 1.807) is 45.0 Å². The minimum absolute atomic E-state index is 0.606. The Hall–Kier alpha value is -1.01. The Bertz CT molecular complexity index is 416. The molecule has 0 radical (unpaired) electrons. The van der Waals surface area contributed by atoms with E-state index in [0.29, 0.717) is 10.6 Å². The third-order valence-corrected chi connectivity index (χ3v) is 2.27. The van der Waals surface area contributed by atoms with Crippen LogP contribution in [0.1, 0.15) is 26.3 Å². The van der Waals surface area contributed by atoms with Crippen molar-refractivity contribution < 1.29 is 10.2 Å². The monoisotopic (exact) mass is 238 g/mol. The maximum Gasteiger partial charge on any atom is 0.148 e. The van der Waals surface area contributed by atoms with Crippen LogP contribution in [0.15, 0.2) is 24.3 Å². The van der Waals surface area contributed by atoms with Gasteiger partial charge in [0.1, 0.15) is 11.2 Å². The number of halogens is 1. The predicted octanol–water partition coefficient (Wildman–Crippen LogP) is 2.32. The second-order valence-corrected chi connectivity index (χ2v) is 4.82. The van der Waals surface area contributed by atoms with E-state index in [1.807, 2.05) is 0 Å². The summed E-state index contributed by atoms with van der Waals surface area (Å²) in [7, 11) is 0. The third kappa shape index (κ3) is 3.86. The zero-order valence-corrected chi connectivity index (χ0v) is 10.3. The molecule has 0 heterocycles. The van der Waals surface area contributed by atoms with Gasteiger partial charge in [-0.15, -0.1) is 0 Å². The lowest BCUT2D eigenvalue weighted by Gasteiger charge is -2.18. The minimum atomic E-state index is -1.29. The summed E-state index contributed by atoms with van der Waals surface area (Å²) in [6.45, 7) is 4.71. The fourth-order valence-corrected chi connectivity index (χ4v) is 1.25. The van der Waals surface area contributed by atoms with Crippen molar-refractivity contribution >= 4 is 11.6 Å². The van der Waals surface area contributed by atoms with Crippen LogP contribution in [0.5, 0.6) is 0 Å². The highest BCUT2D eigenvalue weighted by Crippen LogP contribution is 2.21. The average molecular weight is 239 g/mol. The van der Waals surface area contributed by atoms with Crippen molar-refractivity contribution in [2.45, 2.75) is 32.0 Å². The molecule has 0 bridgehead atoms. The number of benzene rings is 1. The highest BCUT2D eigenvalue weighted by Gasteiger charge is 2.20. The molecule has 1 unspecified atom stereocenters. The molecule has 2 N–H and O–H groups in total. The molecule has 0 saturated heterocycles. The van der Waals surface area contributed by atoms with Crippen LogP contribution in [0, 0.1) is 11.8 Å². The standard InChI is InChI=1S/C13H15ClO2/c1-12(2,15)8-9-13(3,16)10-4-6-11(14)7-5-10/h4-7,15-16H,1-3H3. The summed E-state index contributed by atoms with van der Waals surface area (Å²) < 4.78 is 0. The van der Waals surface area contributed by atoms with Gasteiger partial charge in [0.2, 0.25) is 0 Å². The molecule has 0 aliphatic heterocycles. The Morgan fingerprint density at radius 2 is 1.50 bits per heavy atom. The topological polar surface area (TPSA) is 40.5 Å². The molecule has 86 valence electrons. The molecule has 0 amide bonds. The summed E-state index contributed by atoms with van der Waals surface area (Å²) in [6.07, 6.45) is 0. The summed E-state index contributed by atoms with van der Waals surface area (Å²) in [6, 6.07) is 6.80. The van der Waals surface area contributed by atoms with Gasteiger partial charge >= 0.3 is 0 Å². The van der Waals surface area contributed by atoms with Crippen molar-refractivity contribution in [2.24, 2.45) is 0 Å². The Morgan fingerprint density at radius 1 is 1.00 bits per heavy atom. The SMILES string of the molecule is CC(C)(O)C#CC(C)(O)c1ccc(Cl)cc1. The van der Waals surface area contributed by atoms with Crippen molar-refractivity contribution in [1.82, 2.24) is 0 Å². The fourth-order valence-electron chi connectivity index (χ4n) is 1.12. The largest absolute Gasteiger partial charge is 0.378 e. The molecule has 0 fully saturated rings. The lowest BCUT2D eigenvalue weighted by atomic mass is 9.95. The minimum Gasteiger partial charge on any atom is -0.378 e. The molecule has 1 atom stereocenters. The lowest BCUT2D eigenvalue weighted by molar-refractivity contribution is 0.116. The Morgan fingerprint density at radius 3 is 1.94 bits per heavy atom. The lowest BCUT2D eigenvalue weighted by Crippen LogP contribution is -2.21.